The Balaban J connectivity index is 0.000000239. The number of hydrogen-bond acceptors (Lipinski definition) is 4. The molecule has 4 rings (SSSR count). The molecule has 1 aliphatic rings. The number of allylic oxidation sites excluding steroid dienone is 2. The highest BCUT2D eigenvalue weighted by Gasteiger charge is 2.29. The van der Waals surface area contributed by atoms with E-state index >= 15 is 0 Å². The lowest BCUT2D eigenvalue weighted by atomic mass is 9.99. The van der Waals surface area contributed by atoms with Gasteiger partial charge in [0.15, 0.2) is 5.78 Å². The summed E-state index contributed by atoms with van der Waals surface area (Å²) >= 11 is 0. The number of aromatic nitrogens is 3. The maximum absolute atomic E-state index is 13.2. The highest BCUT2D eigenvalue weighted by Crippen LogP contribution is 2.39. The summed E-state index contributed by atoms with van der Waals surface area (Å²) in [5.74, 6) is 2.94. The molecule has 6 heteroatoms. The van der Waals surface area contributed by atoms with Crippen LogP contribution in [0.2, 0.25) is 0 Å². The zero-order valence-electron chi connectivity index (χ0n) is 24.0. The number of benzene rings is 2. The van der Waals surface area contributed by atoms with Gasteiger partial charge in [-0.2, -0.15) is 0 Å². The van der Waals surface area contributed by atoms with E-state index in [0.717, 1.165) is 42.0 Å². The third-order valence-corrected chi connectivity index (χ3v) is 6.80. The smallest absolute Gasteiger partial charge is 0.175 e. The third kappa shape index (κ3) is 8.47. The van der Waals surface area contributed by atoms with E-state index in [2.05, 4.69) is 35.2 Å². The molecule has 0 radical (unpaired) electrons. The molecular formula is C33H43FN4O. The van der Waals surface area contributed by atoms with Gasteiger partial charge in [0.25, 0.3) is 0 Å². The number of Topliss-reactive ketones (excluding diaryl/α,β-unsaturated/α-hetero) is 1. The van der Waals surface area contributed by atoms with E-state index in [-0.39, 0.29) is 11.6 Å². The zero-order chi connectivity index (χ0) is 28.2. The van der Waals surface area contributed by atoms with Gasteiger partial charge in [-0.15, -0.1) is 10.2 Å². The third-order valence-electron chi connectivity index (χ3n) is 6.80. The van der Waals surface area contributed by atoms with Gasteiger partial charge >= 0.3 is 0 Å². The largest absolute Gasteiger partial charge is 0.342 e. The Morgan fingerprint density at radius 1 is 1.08 bits per heavy atom. The lowest BCUT2D eigenvalue weighted by molar-refractivity contribution is -0.114. The van der Waals surface area contributed by atoms with E-state index in [9.17, 15) is 9.18 Å². The Labute approximate surface area is 233 Å². The average molecular weight is 531 g/mol. The molecule has 39 heavy (non-hydrogen) atoms. The van der Waals surface area contributed by atoms with E-state index in [1.807, 2.05) is 42.2 Å². The molecule has 1 saturated carbocycles. The maximum Gasteiger partial charge on any atom is 0.175 e. The van der Waals surface area contributed by atoms with Crippen molar-refractivity contribution in [2.45, 2.75) is 91.6 Å². The molecule has 1 aromatic heterocycles. The number of hydrogen-bond donors (Lipinski definition) is 0. The van der Waals surface area contributed by atoms with E-state index in [1.165, 1.54) is 55.9 Å². The fourth-order valence-corrected chi connectivity index (χ4v) is 4.64. The van der Waals surface area contributed by atoms with Crippen molar-refractivity contribution in [2.75, 3.05) is 0 Å². The van der Waals surface area contributed by atoms with Gasteiger partial charge in [0.05, 0.1) is 5.70 Å². The van der Waals surface area contributed by atoms with Crippen molar-refractivity contribution < 1.29 is 9.18 Å². The topological polar surface area (TPSA) is 51.0 Å². The summed E-state index contributed by atoms with van der Waals surface area (Å²) in [5, 5.41) is 8.71. The lowest BCUT2D eigenvalue weighted by Crippen LogP contribution is -2.21. The molecule has 5 nitrogen and oxygen atoms in total. The molecule has 0 bridgehead atoms. The molecule has 0 saturated heterocycles. The standard InChI is InChI=1S/C21H22FNO.C12H21N3/c1-4-8-21(16(3)24)23(5-2)15-18-9-6-7-10-20(18)17-11-13-19(22)14-12-17;1-3-5-6-11-13-14-12(10-7-8-10)15(11)9-4-2/h5-14H,2,4,15H2,1,3H3;10H,3-9H2,1-2H3/b21-8-;. The van der Waals surface area contributed by atoms with Crippen LogP contribution < -0.4 is 0 Å². The summed E-state index contributed by atoms with van der Waals surface area (Å²) in [6.07, 6.45) is 11.7. The minimum atomic E-state index is -0.256. The Morgan fingerprint density at radius 3 is 2.38 bits per heavy atom. The van der Waals surface area contributed by atoms with Crippen LogP contribution in [0.3, 0.4) is 0 Å². The van der Waals surface area contributed by atoms with E-state index in [4.69, 9.17) is 0 Å². The molecule has 0 unspecified atom stereocenters. The van der Waals surface area contributed by atoms with Crippen LogP contribution in [0.25, 0.3) is 11.1 Å². The minimum Gasteiger partial charge on any atom is -0.342 e. The van der Waals surface area contributed by atoms with Gasteiger partial charge in [-0.1, -0.05) is 76.2 Å². The predicted molar refractivity (Wildman–Crippen MR) is 158 cm³/mol. The molecule has 1 aliphatic carbocycles. The van der Waals surface area contributed by atoms with Gasteiger partial charge in [-0.05, 0) is 67.1 Å². The average Bonchev–Trinajstić information content (AvgIpc) is 3.71. The second kappa shape index (κ2) is 15.2. The molecule has 3 aromatic rings. The number of rotatable bonds is 13. The summed E-state index contributed by atoms with van der Waals surface area (Å²) in [6, 6.07) is 14.4. The SMILES string of the molecule is C=CN(Cc1ccccc1-c1ccc(F)cc1)/C(=C\CC)C(C)=O.CCCCc1nnc(C2CC2)n1CCC. The van der Waals surface area contributed by atoms with Crippen molar-refractivity contribution in [2.24, 2.45) is 0 Å². The van der Waals surface area contributed by atoms with Crippen molar-refractivity contribution >= 4 is 5.78 Å². The van der Waals surface area contributed by atoms with Crippen LogP contribution in [0, 0.1) is 5.82 Å². The molecule has 0 amide bonds. The Bertz CT molecular complexity index is 1240. The number of carbonyl (C=O) groups is 1. The van der Waals surface area contributed by atoms with Gasteiger partial charge in [0.2, 0.25) is 0 Å². The summed E-state index contributed by atoms with van der Waals surface area (Å²) < 4.78 is 15.5. The fourth-order valence-electron chi connectivity index (χ4n) is 4.64. The van der Waals surface area contributed by atoms with Crippen molar-refractivity contribution in [3.63, 3.8) is 0 Å². The minimum absolute atomic E-state index is 0.0102. The molecule has 2 aromatic carbocycles. The predicted octanol–water partition coefficient (Wildman–Crippen LogP) is 8.23. The van der Waals surface area contributed by atoms with E-state index in [1.54, 1.807) is 25.3 Å². The van der Waals surface area contributed by atoms with Crippen molar-refractivity contribution in [3.8, 4) is 11.1 Å². The highest BCUT2D eigenvalue weighted by atomic mass is 19.1. The van der Waals surface area contributed by atoms with E-state index in [0.29, 0.717) is 12.2 Å². The van der Waals surface area contributed by atoms with Crippen LogP contribution in [-0.2, 0) is 24.3 Å². The second-order valence-corrected chi connectivity index (χ2v) is 10.0. The van der Waals surface area contributed by atoms with Crippen LogP contribution in [0.4, 0.5) is 4.39 Å². The Morgan fingerprint density at radius 2 is 1.79 bits per heavy atom. The maximum atomic E-state index is 13.2. The summed E-state index contributed by atoms with van der Waals surface area (Å²) in [4.78, 5) is 13.8. The fraction of sp³-hybridized carbons (Fsp3) is 0.424. The van der Waals surface area contributed by atoms with Crippen LogP contribution in [0.5, 0.6) is 0 Å². The van der Waals surface area contributed by atoms with Gasteiger partial charge in [-0.3, -0.25) is 4.79 Å². The lowest BCUT2D eigenvalue weighted by Gasteiger charge is -2.23. The first-order valence-corrected chi connectivity index (χ1v) is 14.3. The molecule has 208 valence electrons. The number of halogens is 1. The molecule has 0 spiro atoms. The van der Waals surface area contributed by atoms with Crippen LogP contribution >= 0.6 is 0 Å². The zero-order valence-corrected chi connectivity index (χ0v) is 24.0. The first-order valence-electron chi connectivity index (χ1n) is 14.3. The van der Waals surface area contributed by atoms with Crippen molar-refractivity contribution in [1.29, 1.82) is 0 Å². The van der Waals surface area contributed by atoms with Crippen LogP contribution in [0.1, 0.15) is 89.4 Å². The monoisotopic (exact) mass is 530 g/mol. The molecule has 0 aliphatic heterocycles. The summed E-state index contributed by atoms with van der Waals surface area (Å²) in [7, 11) is 0. The first-order chi connectivity index (χ1) is 18.9. The van der Waals surface area contributed by atoms with Gasteiger partial charge in [0.1, 0.15) is 17.5 Å². The number of aryl methyl sites for hydroxylation is 1. The number of unbranched alkanes of at least 4 members (excludes halogenated alkanes) is 1. The molecule has 0 atom stereocenters. The Kier molecular flexibility index (Phi) is 11.7. The first kappa shape index (κ1) is 30.0. The van der Waals surface area contributed by atoms with Crippen molar-refractivity contribution in [1.82, 2.24) is 19.7 Å². The second-order valence-electron chi connectivity index (χ2n) is 10.0. The molecule has 0 N–H and O–H groups in total. The molecular weight excluding hydrogens is 487 g/mol. The quantitative estimate of drug-likeness (QED) is 0.209. The van der Waals surface area contributed by atoms with Gasteiger partial charge < -0.3 is 9.47 Å². The number of carbonyl (C=O) groups excluding carboxylic acids is 1. The summed E-state index contributed by atoms with van der Waals surface area (Å²) in [5.41, 5.74) is 3.65. The highest BCUT2D eigenvalue weighted by molar-refractivity contribution is 5.92. The molecule has 1 fully saturated rings. The van der Waals surface area contributed by atoms with Gasteiger partial charge in [0, 0.05) is 32.4 Å². The normalized spacial score (nSPS) is 13.0. The molecule has 1 heterocycles. The van der Waals surface area contributed by atoms with Crippen molar-refractivity contribution in [3.05, 3.63) is 96.1 Å². The number of ketones is 1. The van der Waals surface area contributed by atoms with E-state index < -0.39 is 0 Å². The Hall–Kier alpha value is -3.54. The number of nitrogens with zero attached hydrogens (tertiary/aromatic N) is 4. The van der Waals surface area contributed by atoms with Gasteiger partial charge in [-0.25, -0.2) is 4.39 Å². The van der Waals surface area contributed by atoms with Crippen LogP contribution in [0.15, 0.2) is 73.1 Å². The van der Waals surface area contributed by atoms with Crippen LogP contribution in [-0.4, -0.2) is 25.4 Å². The summed E-state index contributed by atoms with van der Waals surface area (Å²) in [6.45, 7) is 13.5.